The van der Waals surface area contributed by atoms with Crippen LogP contribution in [0.25, 0.3) is 0 Å². The molecule has 0 amide bonds. The highest BCUT2D eigenvalue weighted by atomic mass is 15.1. The van der Waals surface area contributed by atoms with E-state index in [1.807, 2.05) is 22.8 Å². The number of pyridine rings is 1. The molecule has 15 heavy (non-hydrogen) atoms. The lowest BCUT2D eigenvalue weighted by Crippen LogP contribution is -2.12. The van der Waals surface area contributed by atoms with E-state index in [-0.39, 0.29) is 6.04 Å². The molecular weight excluding hydrogens is 188 g/mol. The van der Waals surface area contributed by atoms with E-state index >= 15 is 0 Å². The molecule has 0 saturated carbocycles. The Morgan fingerprint density at radius 1 is 1.47 bits per heavy atom. The number of hydrogen-bond acceptors (Lipinski definition) is 3. The van der Waals surface area contributed by atoms with Crippen molar-refractivity contribution in [2.45, 2.75) is 19.5 Å². The summed E-state index contributed by atoms with van der Waals surface area (Å²) in [6, 6.07) is 6.07. The van der Waals surface area contributed by atoms with Crippen molar-refractivity contribution in [2.75, 3.05) is 0 Å². The van der Waals surface area contributed by atoms with E-state index in [1.54, 1.807) is 18.7 Å². The quantitative estimate of drug-likeness (QED) is 0.817. The first-order valence-electron chi connectivity index (χ1n) is 4.94. The lowest BCUT2D eigenvalue weighted by atomic mass is 10.2. The van der Waals surface area contributed by atoms with Crippen LogP contribution >= 0.6 is 0 Å². The number of nitrogens with two attached hydrogens (primary N) is 1. The molecular formula is C11H14N4. The summed E-state index contributed by atoms with van der Waals surface area (Å²) >= 11 is 0. The standard InChI is InChI=1S/C11H14N4/c1-9(11-4-2-3-5-14-11)15-8-13-7-10(15)6-12/h2-5,7-9H,6,12H2,1H3. The van der Waals surface area contributed by atoms with Gasteiger partial charge in [-0.05, 0) is 19.1 Å². The van der Waals surface area contributed by atoms with Crippen molar-refractivity contribution >= 4 is 0 Å². The predicted octanol–water partition coefficient (Wildman–Crippen LogP) is 1.35. The maximum atomic E-state index is 5.63. The fourth-order valence-electron chi connectivity index (χ4n) is 1.60. The molecule has 0 aliphatic carbocycles. The normalized spacial score (nSPS) is 12.7. The van der Waals surface area contributed by atoms with Crippen molar-refractivity contribution in [3.8, 4) is 0 Å². The highest BCUT2D eigenvalue weighted by Gasteiger charge is 2.10. The van der Waals surface area contributed by atoms with Gasteiger partial charge in [0.1, 0.15) is 0 Å². The molecule has 2 N–H and O–H groups in total. The molecule has 0 saturated heterocycles. The number of hydrogen-bond donors (Lipinski definition) is 1. The van der Waals surface area contributed by atoms with Crippen molar-refractivity contribution in [3.63, 3.8) is 0 Å². The van der Waals surface area contributed by atoms with E-state index in [4.69, 9.17) is 5.73 Å². The largest absolute Gasteiger partial charge is 0.325 e. The lowest BCUT2D eigenvalue weighted by Gasteiger charge is -2.15. The lowest BCUT2D eigenvalue weighted by molar-refractivity contribution is 0.593. The third-order valence-corrected chi connectivity index (χ3v) is 2.49. The Kier molecular flexibility index (Phi) is 2.78. The Hall–Kier alpha value is -1.68. The Morgan fingerprint density at radius 3 is 3.00 bits per heavy atom. The van der Waals surface area contributed by atoms with Gasteiger partial charge < -0.3 is 10.3 Å². The number of imidazole rings is 1. The summed E-state index contributed by atoms with van der Waals surface area (Å²) in [5, 5.41) is 0. The first-order chi connectivity index (χ1) is 7.33. The molecule has 2 rings (SSSR count). The summed E-state index contributed by atoms with van der Waals surface area (Å²) in [6.45, 7) is 2.58. The Morgan fingerprint density at radius 2 is 2.33 bits per heavy atom. The molecule has 0 aromatic carbocycles. The van der Waals surface area contributed by atoms with Gasteiger partial charge in [0.15, 0.2) is 0 Å². The second-order valence-electron chi connectivity index (χ2n) is 3.43. The van der Waals surface area contributed by atoms with Crippen LogP contribution in [0.4, 0.5) is 0 Å². The molecule has 4 heteroatoms. The monoisotopic (exact) mass is 202 g/mol. The molecule has 0 spiro atoms. The van der Waals surface area contributed by atoms with Gasteiger partial charge in [0.05, 0.1) is 23.8 Å². The van der Waals surface area contributed by atoms with Crippen LogP contribution in [0.2, 0.25) is 0 Å². The molecule has 2 heterocycles. The van der Waals surface area contributed by atoms with Crippen LogP contribution < -0.4 is 5.73 Å². The van der Waals surface area contributed by atoms with E-state index in [9.17, 15) is 0 Å². The molecule has 2 aromatic rings. The van der Waals surface area contributed by atoms with E-state index < -0.39 is 0 Å². The Bertz CT molecular complexity index is 421. The Labute approximate surface area is 88.8 Å². The predicted molar refractivity (Wildman–Crippen MR) is 58.2 cm³/mol. The zero-order valence-electron chi connectivity index (χ0n) is 8.67. The van der Waals surface area contributed by atoms with Gasteiger partial charge in [-0.2, -0.15) is 0 Å². The first kappa shape index (κ1) is 9.86. The maximum Gasteiger partial charge on any atom is 0.0954 e. The van der Waals surface area contributed by atoms with Gasteiger partial charge in [-0.3, -0.25) is 4.98 Å². The van der Waals surface area contributed by atoms with Crippen molar-refractivity contribution in [1.29, 1.82) is 0 Å². The van der Waals surface area contributed by atoms with Crippen LogP contribution in [0.3, 0.4) is 0 Å². The van der Waals surface area contributed by atoms with Crippen molar-refractivity contribution < 1.29 is 0 Å². The van der Waals surface area contributed by atoms with E-state index in [0.717, 1.165) is 11.4 Å². The molecule has 2 aromatic heterocycles. The van der Waals surface area contributed by atoms with Crippen LogP contribution in [-0.2, 0) is 6.54 Å². The highest BCUT2D eigenvalue weighted by molar-refractivity contribution is 5.12. The molecule has 1 atom stereocenters. The molecule has 4 nitrogen and oxygen atoms in total. The third-order valence-electron chi connectivity index (χ3n) is 2.49. The molecule has 0 aliphatic rings. The minimum atomic E-state index is 0.173. The van der Waals surface area contributed by atoms with Gasteiger partial charge >= 0.3 is 0 Å². The smallest absolute Gasteiger partial charge is 0.0954 e. The average molecular weight is 202 g/mol. The Balaban J connectivity index is 2.32. The fourth-order valence-corrected chi connectivity index (χ4v) is 1.60. The van der Waals surface area contributed by atoms with Crippen molar-refractivity contribution in [1.82, 2.24) is 14.5 Å². The fraction of sp³-hybridized carbons (Fsp3) is 0.273. The van der Waals surface area contributed by atoms with Gasteiger partial charge in [0, 0.05) is 18.9 Å². The third kappa shape index (κ3) is 1.89. The summed E-state index contributed by atoms with van der Waals surface area (Å²) in [5.41, 5.74) is 7.67. The minimum absolute atomic E-state index is 0.173. The van der Waals surface area contributed by atoms with Crippen molar-refractivity contribution in [3.05, 3.63) is 48.3 Å². The summed E-state index contributed by atoms with van der Waals surface area (Å²) in [4.78, 5) is 8.42. The van der Waals surface area contributed by atoms with Gasteiger partial charge in [-0.1, -0.05) is 6.07 Å². The van der Waals surface area contributed by atoms with Crippen LogP contribution in [0.15, 0.2) is 36.9 Å². The van der Waals surface area contributed by atoms with Gasteiger partial charge in [-0.15, -0.1) is 0 Å². The average Bonchev–Trinajstić information content (AvgIpc) is 2.77. The zero-order valence-corrected chi connectivity index (χ0v) is 8.67. The van der Waals surface area contributed by atoms with E-state index in [1.165, 1.54) is 0 Å². The van der Waals surface area contributed by atoms with Crippen LogP contribution in [0.1, 0.15) is 24.4 Å². The number of aromatic nitrogens is 3. The van der Waals surface area contributed by atoms with Crippen LogP contribution in [0, 0.1) is 0 Å². The second-order valence-corrected chi connectivity index (χ2v) is 3.43. The summed E-state index contributed by atoms with van der Waals surface area (Å²) in [7, 11) is 0. The SMILES string of the molecule is CC(c1ccccn1)n1cncc1CN. The molecule has 0 aliphatic heterocycles. The highest BCUT2D eigenvalue weighted by Crippen LogP contribution is 2.16. The molecule has 0 fully saturated rings. The van der Waals surface area contributed by atoms with Crippen LogP contribution in [0.5, 0.6) is 0 Å². The first-order valence-corrected chi connectivity index (χ1v) is 4.94. The molecule has 78 valence electrons. The summed E-state index contributed by atoms with van der Waals surface area (Å²) < 4.78 is 2.04. The van der Waals surface area contributed by atoms with E-state index in [0.29, 0.717) is 6.54 Å². The van der Waals surface area contributed by atoms with Gasteiger partial charge in [-0.25, -0.2) is 4.98 Å². The number of nitrogens with zero attached hydrogens (tertiary/aromatic N) is 3. The molecule has 0 bridgehead atoms. The molecule has 1 unspecified atom stereocenters. The van der Waals surface area contributed by atoms with E-state index in [2.05, 4.69) is 16.9 Å². The van der Waals surface area contributed by atoms with Crippen LogP contribution in [-0.4, -0.2) is 14.5 Å². The zero-order chi connectivity index (χ0) is 10.7. The van der Waals surface area contributed by atoms with Crippen molar-refractivity contribution in [2.24, 2.45) is 5.73 Å². The topological polar surface area (TPSA) is 56.7 Å². The summed E-state index contributed by atoms with van der Waals surface area (Å²) in [5.74, 6) is 0. The summed E-state index contributed by atoms with van der Waals surface area (Å²) in [6.07, 6.45) is 5.38. The maximum absolute atomic E-state index is 5.63. The van der Waals surface area contributed by atoms with Gasteiger partial charge in [0.25, 0.3) is 0 Å². The minimum Gasteiger partial charge on any atom is -0.325 e. The second kappa shape index (κ2) is 4.23. The number of rotatable bonds is 3. The molecule has 0 radical (unpaired) electrons. The van der Waals surface area contributed by atoms with Gasteiger partial charge in [0.2, 0.25) is 0 Å².